The molecule has 0 saturated heterocycles. The lowest BCUT2D eigenvalue weighted by Crippen LogP contribution is -2.28. The summed E-state index contributed by atoms with van der Waals surface area (Å²) in [6, 6.07) is 12.8. The first-order chi connectivity index (χ1) is 11.6. The number of hydrogen-bond acceptors (Lipinski definition) is 2. The maximum atomic E-state index is 12.6. The van der Waals surface area contributed by atoms with E-state index in [2.05, 4.69) is 5.32 Å². The summed E-state index contributed by atoms with van der Waals surface area (Å²) in [5, 5.41) is 3.47. The maximum absolute atomic E-state index is 12.6. The molecule has 1 aliphatic heterocycles. The SMILES string of the molecule is CCCN1Cc2cccc(C(=O)NCc3ccccc3Cl)c2C1=O. The summed E-state index contributed by atoms with van der Waals surface area (Å²) in [6.45, 7) is 3.64. The van der Waals surface area contributed by atoms with Gasteiger partial charge in [-0.2, -0.15) is 0 Å². The number of nitrogens with one attached hydrogen (secondary N) is 1. The monoisotopic (exact) mass is 342 g/mol. The number of benzene rings is 2. The van der Waals surface area contributed by atoms with Gasteiger partial charge in [0.05, 0.1) is 11.1 Å². The van der Waals surface area contributed by atoms with E-state index < -0.39 is 0 Å². The average Bonchev–Trinajstić information content (AvgIpc) is 2.90. The van der Waals surface area contributed by atoms with Crippen molar-refractivity contribution in [2.45, 2.75) is 26.4 Å². The van der Waals surface area contributed by atoms with Crippen LogP contribution in [-0.2, 0) is 13.1 Å². The lowest BCUT2D eigenvalue weighted by atomic mass is 10.0. The van der Waals surface area contributed by atoms with E-state index in [0.29, 0.717) is 35.8 Å². The lowest BCUT2D eigenvalue weighted by Gasteiger charge is -2.14. The van der Waals surface area contributed by atoms with Crippen LogP contribution in [0.2, 0.25) is 5.02 Å². The van der Waals surface area contributed by atoms with Crippen LogP contribution in [0.15, 0.2) is 42.5 Å². The smallest absolute Gasteiger partial charge is 0.255 e. The minimum atomic E-state index is -0.251. The fraction of sp³-hybridized carbons (Fsp3) is 0.263. The van der Waals surface area contributed by atoms with E-state index in [9.17, 15) is 9.59 Å². The molecule has 24 heavy (non-hydrogen) atoms. The maximum Gasteiger partial charge on any atom is 0.255 e. The molecule has 0 unspecified atom stereocenters. The van der Waals surface area contributed by atoms with Gasteiger partial charge in [-0.1, -0.05) is 48.9 Å². The van der Waals surface area contributed by atoms with E-state index in [1.165, 1.54) is 0 Å². The summed E-state index contributed by atoms with van der Waals surface area (Å²) < 4.78 is 0. The normalized spacial score (nSPS) is 13.1. The van der Waals surface area contributed by atoms with Crippen LogP contribution in [-0.4, -0.2) is 23.3 Å². The Hall–Kier alpha value is -2.33. The second kappa shape index (κ2) is 7.05. The average molecular weight is 343 g/mol. The molecule has 0 radical (unpaired) electrons. The van der Waals surface area contributed by atoms with Crippen LogP contribution in [0.25, 0.3) is 0 Å². The topological polar surface area (TPSA) is 49.4 Å². The predicted molar refractivity (Wildman–Crippen MR) is 94.1 cm³/mol. The number of halogens is 1. The number of rotatable bonds is 5. The highest BCUT2D eigenvalue weighted by Crippen LogP contribution is 2.26. The van der Waals surface area contributed by atoms with Crippen molar-refractivity contribution >= 4 is 23.4 Å². The summed E-state index contributed by atoms with van der Waals surface area (Å²) in [4.78, 5) is 26.9. The molecule has 5 heteroatoms. The van der Waals surface area contributed by atoms with Gasteiger partial charge in [0.1, 0.15) is 0 Å². The zero-order chi connectivity index (χ0) is 17.1. The molecular weight excluding hydrogens is 324 g/mol. The highest BCUT2D eigenvalue weighted by atomic mass is 35.5. The van der Waals surface area contributed by atoms with E-state index in [1.807, 2.05) is 37.3 Å². The third kappa shape index (κ3) is 3.15. The first-order valence-electron chi connectivity index (χ1n) is 8.04. The van der Waals surface area contributed by atoms with Gasteiger partial charge in [-0.25, -0.2) is 0 Å². The fourth-order valence-electron chi connectivity index (χ4n) is 2.97. The minimum absolute atomic E-state index is 0.0599. The zero-order valence-corrected chi connectivity index (χ0v) is 14.3. The molecule has 4 nitrogen and oxygen atoms in total. The largest absolute Gasteiger partial charge is 0.348 e. The first-order valence-corrected chi connectivity index (χ1v) is 8.42. The van der Waals surface area contributed by atoms with Gasteiger partial charge in [0.25, 0.3) is 11.8 Å². The van der Waals surface area contributed by atoms with Crippen molar-refractivity contribution in [3.05, 3.63) is 69.7 Å². The third-order valence-corrected chi connectivity index (χ3v) is 4.52. The van der Waals surface area contributed by atoms with Crippen LogP contribution in [0, 0.1) is 0 Å². The molecule has 0 saturated carbocycles. The van der Waals surface area contributed by atoms with E-state index in [-0.39, 0.29) is 11.8 Å². The Balaban J connectivity index is 1.79. The number of amides is 2. The van der Waals surface area contributed by atoms with Crippen LogP contribution in [0.5, 0.6) is 0 Å². The summed E-state index contributed by atoms with van der Waals surface area (Å²) in [5.41, 5.74) is 2.73. The molecule has 0 bridgehead atoms. The van der Waals surface area contributed by atoms with Gasteiger partial charge in [0.2, 0.25) is 0 Å². The van der Waals surface area contributed by atoms with Crippen molar-refractivity contribution in [3.8, 4) is 0 Å². The van der Waals surface area contributed by atoms with Gasteiger partial charge in [0, 0.05) is 24.7 Å². The first kappa shape index (κ1) is 16.5. The molecule has 0 atom stereocenters. The van der Waals surface area contributed by atoms with Crippen LogP contribution in [0.3, 0.4) is 0 Å². The van der Waals surface area contributed by atoms with Gasteiger partial charge >= 0.3 is 0 Å². The molecule has 3 rings (SSSR count). The Morgan fingerprint density at radius 3 is 2.75 bits per heavy atom. The number of carbonyl (C=O) groups is 2. The molecular formula is C19H19ClN2O2. The number of fused-ring (bicyclic) bond motifs is 1. The van der Waals surface area contributed by atoms with E-state index in [1.54, 1.807) is 17.0 Å². The van der Waals surface area contributed by atoms with Gasteiger partial charge in [0.15, 0.2) is 0 Å². The van der Waals surface area contributed by atoms with Crippen molar-refractivity contribution in [1.82, 2.24) is 10.2 Å². The van der Waals surface area contributed by atoms with E-state index in [4.69, 9.17) is 11.6 Å². The highest BCUT2D eigenvalue weighted by Gasteiger charge is 2.31. The van der Waals surface area contributed by atoms with Crippen molar-refractivity contribution in [1.29, 1.82) is 0 Å². The molecule has 0 fully saturated rings. The highest BCUT2D eigenvalue weighted by molar-refractivity contribution is 6.31. The lowest BCUT2D eigenvalue weighted by molar-refractivity contribution is 0.0773. The van der Waals surface area contributed by atoms with Crippen molar-refractivity contribution in [3.63, 3.8) is 0 Å². The predicted octanol–water partition coefficient (Wildman–Crippen LogP) is 3.64. The summed E-state index contributed by atoms with van der Waals surface area (Å²) in [5.74, 6) is -0.311. The molecule has 2 aromatic rings. The Morgan fingerprint density at radius 1 is 1.21 bits per heavy atom. The molecule has 0 aliphatic carbocycles. The molecule has 1 N–H and O–H groups in total. The van der Waals surface area contributed by atoms with Crippen molar-refractivity contribution < 1.29 is 9.59 Å². The molecule has 0 aromatic heterocycles. The summed E-state index contributed by atoms with van der Waals surface area (Å²) >= 11 is 6.11. The van der Waals surface area contributed by atoms with Crippen LogP contribution in [0.1, 0.15) is 45.2 Å². The molecule has 2 aromatic carbocycles. The second-order valence-corrected chi connectivity index (χ2v) is 6.25. The van der Waals surface area contributed by atoms with Crippen molar-refractivity contribution in [2.75, 3.05) is 6.54 Å². The Labute approximate surface area is 146 Å². The van der Waals surface area contributed by atoms with E-state index >= 15 is 0 Å². The van der Waals surface area contributed by atoms with Crippen LogP contribution in [0.4, 0.5) is 0 Å². The molecule has 2 amide bonds. The quantitative estimate of drug-likeness (QED) is 0.902. The Morgan fingerprint density at radius 2 is 2.00 bits per heavy atom. The fourth-order valence-corrected chi connectivity index (χ4v) is 3.17. The van der Waals surface area contributed by atoms with Gasteiger partial charge in [-0.15, -0.1) is 0 Å². The third-order valence-electron chi connectivity index (χ3n) is 4.15. The number of hydrogen-bond donors (Lipinski definition) is 1. The Kier molecular flexibility index (Phi) is 4.86. The number of carbonyl (C=O) groups excluding carboxylic acids is 2. The van der Waals surface area contributed by atoms with Gasteiger partial charge < -0.3 is 10.2 Å². The van der Waals surface area contributed by atoms with Gasteiger partial charge in [-0.05, 0) is 29.7 Å². The molecule has 1 aliphatic rings. The van der Waals surface area contributed by atoms with Gasteiger partial charge in [-0.3, -0.25) is 9.59 Å². The molecule has 0 spiro atoms. The van der Waals surface area contributed by atoms with Crippen LogP contribution >= 0.6 is 11.6 Å². The number of nitrogens with zero attached hydrogens (tertiary/aromatic N) is 1. The summed E-state index contributed by atoms with van der Waals surface area (Å²) in [7, 11) is 0. The van der Waals surface area contributed by atoms with E-state index in [0.717, 1.165) is 17.5 Å². The summed E-state index contributed by atoms with van der Waals surface area (Å²) in [6.07, 6.45) is 0.897. The van der Waals surface area contributed by atoms with Crippen LogP contribution < -0.4 is 5.32 Å². The van der Waals surface area contributed by atoms with Crippen molar-refractivity contribution in [2.24, 2.45) is 0 Å². The standard InChI is InChI=1S/C19H19ClN2O2/c1-2-10-22-12-14-7-5-8-15(17(14)19(22)24)18(23)21-11-13-6-3-4-9-16(13)20/h3-9H,2,10-12H2,1H3,(H,21,23). The molecule has 1 heterocycles. The molecule has 124 valence electrons. The zero-order valence-electron chi connectivity index (χ0n) is 13.5. The second-order valence-electron chi connectivity index (χ2n) is 5.84. The minimum Gasteiger partial charge on any atom is -0.348 e. The Bertz CT molecular complexity index is 789.